The van der Waals surface area contributed by atoms with Crippen molar-refractivity contribution in [1.82, 2.24) is 4.98 Å². The number of anilines is 1. The number of rotatable bonds is 13. The van der Waals surface area contributed by atoms with Gasteiger partial charge in [0, 0.05) is 30.5 Å². The van der Waals surface area contributed by atoms with Gasteiger partial charge in [-0.1, -0.05) is 54.4 Å². The molecule has 1 rings (SSSR count). The molecule has 0 aliphatic rings. The van der Waals surface area contributed by atoms with Crippen LogP contribution in [0.3, 0.4) is 0 Å². The predicted molar refractivity (Wildman–Crippen MR) is 129 cm³/mol. The van der Waals surface area contributed by atoms with E-state index in [-0.39, 0.29) is 13.0 Å². The molecule has 2 atom stereocenters. The Morgan fingerprint density at radius 3 is 1.97 bits per heavy atom. The van der Waals surface area contributed by atoms with Crippen LogP contribution < -0.4 is 5.32 Å². The van der Waals surface area contributed by atoms with E-state index in [1.807, 2.05) is 47.6 Å². The number of aromatic nitrogens is 1. The van der Waals surface area contributed by atoms with Gasteiger partial charge in [0.15, 0.2) is 6.29 Å². The van der Waals surface area contributed by atoms with E-state index in [1.165, 1.54) is 12.8 Å². The maximum atomic E-state index is 11.0. The number of hydrogen-bond acceptors (Lipinski definition) is 4. The van der Waals surface area contributed by atoms with E-state index in [0.717, 1.165) is 42.3 Å². The molecule has 178 valence electrons. The molecule has 0 spiro atoms. The number of pyridine rings is 1. The van der Waals surface area contributed by atoms with Crippen LogP contribution in [0.4, 0.5) is 10.2 Å². The van der Waals surface area contributed by atoms with E-state index >= 15 is 0 Å². The van der Waals surface area contributed by atoms with Gasteiger partial charge in [-0.15, -0.1) is 0 Å². The fraction of sp³-hybridized carbons (Fsp3) is 0.800. The summed E-state index contributed by atoms with van der Waals surface area (Å²) < 4.78 is 22.3. The molecule has 0 aromatic carbocycles. The molecule has 1 N–H and O–H groups in total. The van der Waals surface area contributed by atoms with Crippen LogP contribution in [0.5, 0.6) is 0 Å². The molecule has 1 aromatic rings. The first-order valence-electron chi connectivity index (χ1n) is 12.0. The molecule has 5 heteroatoms. The summed E-state index contributed by atoms with van der Waals surface area (Å²) in [7, 11) is 0. The molecule has 0 saturated heterocycles. The lowest BCUT2D eigenvalue weighted by Gasteiger charge is -2.23. The molecule has 1 heterocycles. The van der Waals surface area contributed by atoms with E-state index in [1.54, 1.807) is 0 Å². The summed E-state index contributed by atoms with van der Waals surface area (Å²) in [5.41, 5.74) is 1.97. The monoisotopic (exact) mass is 428 g/mol. The van der Waals surface area contributed by atoms with Crippen molar-refractivity contribution in [2.24, 2.45) is 5.92 Å². The second-order valence-corrected chi connectivity index (χ2v) is 7.15. The Balaban J connectivity index is 0. The summed E-state index contributed by atoms with van der Waals surface area (Å²) in [4.78, 5) is 4.71. The van der Waals surface area contributed by atoms with Gasteiger partial charge < -0.3 is 14.8 Å². The Hall–Kier alpha value is -1.20. The number of alkyl halides is 1. The second-order valence-electron chi connectivity index (χ2n) is 7.15. The van der Waals surface area contributed by atoms with E-state index in [9.17, 15) is 4.39 Å². The van der Waals surface area contributed by atoms with Gasteiger partial charge in [0.05, 0.1) is 6.67 Å². The topological polar surface area (TPSA) is 43.4 Å². The average molecular weight is 429 g/mol. The number of hydrogen-bond donors (Lipinski definition) is 1. The third kappa shape index (κ3) is 13.9. The quantitative estimate of drug-likeness (QED) is 0.325. The summed E-state index contributed by atoms with van der Waals surface area (Å²) in [5, 5.41) is 3.57. The Bertz CT molecular complexity index is 492. The van der Waals surface area contributed by atoms with Gasteiger partial charge in [-0.2, -0.15) is 0 Å². The molecular weight excluding hydrogens is 379 g/mol. The fourth-order valence-corrected chi connectivity index (χ4v) is 2.75. The zero-order valence-electron chi connectivity index (χ0n) is 21.2. The highest BCUT2D eigenvalue weighted by atomic mass is 19.1. The van der Waals surface area contributed by atoms with Crippen molar-refractivity contribution in [3.8, 4) is 0 Å². The first-order valence-corrected chi connectivity index (χ1v) is 12.0. The maximum Gasteiger partial charge on any atom is 0.185 e. The Labute approximate surface area is 186 Å². The van der Waals surface area contributed by atoms with E-state index in [4.69, 9.17) is 14.5 Å². The summed E-state index contributed by atoms with van der Waals surface area (Å²) in [5.74, 6) is 1.67. The first-order chi connectivity index (χ1) is 14.5. The third-order valence-corrected chi connectivity index (χ3v) is 4.73. The smallest absolute Gasteiger partial charge is 0.185 e. The summed E-state index contributed by atoms with van der Waals surface area (Å²) in [6, 6.07) is 4.57. The number of nitrogens with one attached hydrogen (secondary N) is 1. The summed E-state index contributed by atoms with van der Waals surface area (Å²) in [6.45, 7) is 19.8. The highest BCUT2D eigenvalue weighted by Crippen LogP contribution is 2.24. The Morgan fingerprint density at radius 1 is 1.00 bits per heavy atom. The molecule has 4 nitrogen and oxygen atoms in total. The van der Waals surface area contributed by atoms with Gasteiger partial charge in [-0.3, -0.25) is 4.39 Å². The van der Waals surface area contributed by atoms with Crippen molar-refractivity contribution in [1.29, 1.82) is 0 Å². The summed E-state index contributed by atoms with van der Waals surface area (Å²) >= 11 is 0. The molecule has 0 amide bonds. The molecular formula is C25H49FN2O2. The van der Waals surface area contributed by atoms with Gasteiger partial charge >= 0.3 is 0 Å². The molecule has 30 heavy (non-hydrogen) atoms. The molecule has 0 bridgehead atoms. The lowest BCUT2D eigenvalue weighted by Crippen LogP contribution is -2.22. The van der Waals surface area contributed by atoms with Crippen LogP contribution >= 0.6 is 0 Å². The van der Waals surface area contributed by atoms with Crippen molar-refractivity contribution in [2.75, 3.05) is 25.2 Å². The van der Waals surface area contributed by atoms with Crippen molar-refractivity contribution < 1.29 is 13.9 Å². The van der Waals surface area contributed by atoms with Crippen LogP contribution in [-0.4, -0.2) is 30.9 Å². The minimum Gasteiger partial charge on any atom is -0.367 e. The van der Waals surface area contributed by atoms with Crippen LogP contribution in [0.2, 0.25) is 0 Å². The van der Waals surface area contributed by atoms with Crippen molar-refractivity contribution in [3.63, 3.8) is 0 Å². The normalized spacial score (nSPS) is 12.4. The Kier molecular flexibility index (Phi) is 21.7. The van der Waals surface area contributed by atoms with Crippen molar-refractivity contribution >= 4 is 5.82 Å². The number of halogens is 1. The van der Waals surface area contributed by atoms with Gasteiger partial charge in [0.25, 0.3) is 0 Å². The van der Waals surface area contributed by atoms with Gasteiger partial charge in [0.2, 0.25) is 0 Å². The molecule has 0 aliphatic heterocycles. The van der Waals surface area contributed by atoms with Crippen LogP contribution in [0.1, 0.15) is 105 Å². The predicted octanol–water partition coefficient (Wildman–Crippen LogP) is 7.87. The zero-order valence-corrected chi connectivity index (χ0v) is 21.2. The number of nitrogens with zero attached hydrogens (tertiary/aromatic N) is 1. The molecule has 0 radical (unpaired) electrons. The van der Waals surface area contributed by atoms with E-state index < -0.39 is 0 Å². The summed E-state index contributed by atoms with van der Waals surface area (Å²) in [6.07, 6.45) is 4.86. The van der Waals surface area contributed by atoms with Crippen LogP contribution in [0.15, 0.2) is 12.1 Å². The van der Waals surface area contributed by atoms with Crippen molar-refractivity contribution in [2.45, 2.75) is 107 Å². The molecule has 0 fully saturated rings. The van der Waals surface area contributed by atoms with Crippen molar-refractivity contribution in [3.05, 3.63) is 23.4 Å². The van der Waals surface area contributed by atoms with Crippen LogP contribution in [0, 0.1) is 12.8 Å². The van der Waals surface area contributed by atoms with E-state index in [2.05, 4.69) is 32.2 Å². The number of aryl methyl sites for hydroxylation is 1. The zero-order chi connectivity index (χ0) is 23.4. The first kappa shape index (κ1) is 31.0. The van der Waals surface area contributed by atoms with E-state index in [0.29, 0.717) is 19.3 Å². The highest BCUT2D eigenvalue weighted by molar-refractivity contribution is 5.39. The Morgan fingerprint density at radius 2 is 1.60 bits per heavy atom. The minimum absolute atomic E-state index is 0.156. The van der Waals surface area contributed by atoms with Gasteiger partial charge in [0.1, 0.15) is 5.82 Å². The number of ether oxygens (including phenoxy) is 2. The third-order valence-electron chi connectivity index (χ3n) is 4.73. The minimum atomic E-state index is -0.325. The van der Waals surface area contributed by atoms with Gasteiger partial charge in [-0.25, -0.2) is 4.98 Å². The molecule has 0 aliphatic carbocycles. The van der Waals surface area contributed by atoms with Crippen LogP contribution in [0.25, 0.3) is 0 Å². The lowest BCUT2D eigenvalue weighted by molar-refractivity contribution is -0.140. The second kappa shape index (κ2) is 21.0. The molecule has 2 unspecified atom stereocenters. The largest absolute Gasteiger partial charge is 0.367 e. The number of unbranched alkanes of at least 4 members (excludes halogenated alkanes) is 1. The molecule has 0 saturated carbocycles. The average Bonchev–Trinajstić information content (AvgIpc) is 2.75. The molecule has 1 aromatic heterocycles. The fourth-order valence-electron chi connectivity index (χ4n) is 2.75. The highest BCUT2D eigenvalue weighted by Gasteiger charge is 2.16. The van der Waals surface area contributed by atoms with Gasteiger partial charge in [-0.05, 0) is 58.1 Å². The standard InChI is InChI=1S/C19H34N2O2.C4H9F.C2H6/c1-7-14(5)13-16(8-2)21-18-12-11-17(15(6)20-18)19(22-9-3)23-10-4;1-2-3-4-5;1-2/h11-12,14,16,19H,7-10,13H2,1-6H3,(H,20,21);2-4H2,1H3;1-2H3. The SMILES string of the molecule is CC.CCCCF.CCOC(OCC)c1ccc(NC(CC)CC(C)CC)nc1C. The lowest BCUT2D eigenvalue weighted by atomic mass is 9.98. The van der Waals surface area contributed by atoms with Crippen LogP contribution in [-0.2, 0) is 9.47 Å². The maximum absolute atomic E-state index is 11.0.